The first-order chi connectivity index (χ1) is 11.8. The fraction of sp³-hybridized carbons (Fsp3) is 0.333. The Morgan fingerprint density at radius 2 is 1.75 bits per heavy atom. The first-order valence-corrected chi connectivity index (χ1v) is 8.02. The molecule has 0 radical (unpaired) electrons. The van der Waals surface area contributed by atoms with E-state index < -0.39 is 0 Å². The summed E-state index contributed by atoms with van der Waals surface area (Å²) < 4.78 is 10.5. The SMILES string of the molecule is O=C(CCCNC(=O)c1ccco1)NCCCOc1ccccc1. The van der Waals surface area contributed by atoms with Gasteiger partial charge in [-0.25, -0.2) is 0 Å². The maximum absolute atomic E-state index is 11.7. The number of hydrogen-bond donors (Lipinski definition) is 2. The molecule has 2 amide bonds. The second kappa shape index (κ2) is 10.1. The second-order valence-corrected chi connectivity index (χ2v) is 5.20. The second-order valence-electron chi connectivity index (χ2n) is 5.20. The number of ether oxygens (including phenoxy) is 1. The highest BCUT2D eigenvalue weighted by Crippen LogP contribution is 2.08. The standard InChI is InChI=1S/C18H22N2O4/c21-17(10-4-11-20-18(22)16-9-5-13-24-16)19-12-6-14-23-15-7-2-1-3-8-15/h1-3,5,7-9,13H,4,6,10-12,14H2,(H,19,21)(H,20,22). The van der Waals surface area contributed by atoms with E-state index in [2.05, 4.69) is 10.6 Å². The van der Waals surface area contributed by atoms with Crippen molar-refractivity contribution in [2.75, 3.05) is 19.7 Å². The number of benzene rings is 1. The minimum Gasteiger partial charge on any atom is -0.494 e. The first-order valence-electron chi connectivity index (χ1n) is 8.02. The zero-order chi connectivity index (χ0) is 17.0. The van der Waals surface area contributed by atoms with Gasteiger partial charge in [0.05, 0.1) is 12.9 Å². The summed E-state index contributed by atoms with van der Waals surface area (Å²) in [6, 6.07) is 12.8. The summed E-state index contributed by atoms with van der Waals surface area (Å²) in [7, 11) is 0. The highest BCUT2D eigenvalue weighted by atomic mass is 16.5. The molecule has 0 aliphatic carbocycles. The summed E-state index contributed by atoms with van der Waals surface area (Å²) in [6.07, 6.45) is 3.15. The van der Waals surface area contributed by atoms with Crippen LogP contribution in [0.2, 0.25) is 0 Å². The molecule has 0 atom stereocenters. The number of carbonyl (C=O) groups is 2. The lowest BCUT2D eigenvalue weighted by Gasteiger charge is -2.07. The van der Waals surface area contributed by atoms with E-state index in [-0.39, 0.29) is 17.6 Å². The molecule has 2 rings (SSSR count). The van der Waals surface area contributed by atoms with Gasteiger partial charge >= 0.3 is 0 Å². The molecule has 0 fully saturated rings. The summed E-state index contributed by atoms with van der Waals surface area (Å²) in [5.74, 6) is 0.814. The van der Waals surface area contributed by atoms with Gasteiger partial charge in [0.2, 0.25) is 5.91 Å². The average molecular weight is 330 g/mol. The van der Waals surface area contributed by atoms with E-state index >= 15 is 0 Å². The lowest BCUT2D eigenvalue weighted by atomic mass is 10.3. The Morgan fingerprint density at radius 3 is 2.50 bits per heavy atom. The molecule has 1 aromatic heterocycles. The van der Waals surface area contributed by atoms with E-state index in [1.165, 1.54) is 6.26 Å². The van der Waals surface area contributed by atoms with Crippen molar-refractivity contribution < 1.29 is 18.7 Å². The largest absolute Gasteiger partial charge is 0.494 e. The predicted molar refractivity (Wildman–Crippen MR) is 89.8 cm³/mol. The molecule has 6 nitrogen and oxygen atoms in total. The van der Waals surface area contributed by atoms with Crippen molar-refractivity contribution in [3.63, 3.8) is 0 Å². The van der Waals surface area contributed by atoms with E-state index in [1.807, 2.05) is 30.3 Å². The molecule has 0 unspecified atom stereocenters. The third-order valence-electron chi connectivity index (χ3n) is 3.27. The molecule has 1 heterocycles. The van der Waals surface area contributed by atoms with Crippen molar-refractivity contribution >= 4 is 11.8 Å². The number of carbonyl (C=O) groups excluding carboxylic acids is 2. The summed E-state index contributed by atoms with van der Waals surface area (Å²) in [5, 5.41) is 5.54. The van der Waals surface area contributed by atoms with E-state index in [4.69, 9.17) is 9.15 Å². The van der Waals surface area contributed by atoms with Crippen molar-refractivity contribution in [2.24, 2.45) is 0 Å². The van der Waals surface area contributed by atoms with Crippen LogP contribution in [0.1, 0.15) is 29.8 Å². The fourth-order valence-electron chi connectivity index (χ4n) is 2.04. The summed E-state index contributed by atoms with van der Waals surface area (Å²) >= 11 is 0. The van der Waals surface area contributed by atoms with Gasteiger partial charge in [0.25, 0.3) is 5.91 Å². The van der Waals surface area contributed by atoms with E-state index in [9.17, 15) is 9.59 Å². The Labute approximate surface area is 141 Å². The number of rotatable bonds is 10. The summed E-state index contributed by atoms with van der Waals surface area (Å²) in [5.41, 5.74) is 0. The van der Waals surface area contributed by atoms with Gasteiger partial charge in [-0.3, -0.25) is 9.59 Å². The number of nitrogens with one attached hydrogen (secondary N) is 2. The number of furan rings is 1. The lowest BCUT2D eigenvalue weighted by Crippen LogP contribution is -2.28. The van der Waals surface area contributed by atoms with E-state index in [0.717, 1.165) is 12.2 Å². The normalized spacial score (nSPS) is 10.2. The highest BCUT2D eigenvalue weighted by molar-refractivity contribution is 5.91. The molecule has 0 saturated heterocycles. The lowest BCUT2D eigenvalue weighted by molar-refractivity contribution is -0.121. The van der Waals surface area contributed by atoms with Gasteiger partial charge in [-0.15, -0.1) is 0 Å². The minimum absolute atomic E-state index is 0.0260. The van der Waals surface area contributed by atoms with Crippen LogP contribution in [-0.4, -0.2) is 31.5 Å². The summed E-state index contributed by atoms with van der Waals surface area (Å²) in [6.45, 7) is 1.57. The van der Waals surface area contributed by atoms with Crippen LogP contribution in [0, 0.1) is 0 Å². The molecule has 24 heavy (non-hydrogen) atoms. The van der Waals surface area contributed by atoms with Crippen LogP contribution < -0.4 is 15.4 Å². The molecule has 0 spiro atoms. The molecular formula is C18H22N2O4. The smallest absolute Gasteiger partial charge is 0.286 e. The predicted octanol–water partition coefficient (Wildman–Crippen LogP) is 2.37. The van der Waals surface area contributed by atoms with E-state index in [1.54, 1.807) is 12.1 Å². The van der Waals surface area contributed by atoms with Gasteiger partial charge in [-0.05, 0) is 37.1 Å². The Kier molecular flexibility index (Phi) is 7.40. The number of amides is 2. The third-order valence-corrected chi connectivity index (χ3v) is 3.27. The van der Waals surface area contributed by atoms with Crippen molar-refractivity contribution in [2.45, 2.75) is 19.3 Å². The van der Waals surface area contributed by atoms with Crippen LogP contribution in [0.3, 0.4) is 0 Å². The Morgan fingerprint density at radius 1 is 0.958 bits per heavy atom. The van der Waals surface area contributed by atoms with Gasteiger partial charge in [0.1, 0.15) is 5.75 Å². The first kappa shape index (κ1) is 17.6. The molecule has 0 aliphatic heterocycles. The number of hydrogen-bond acceptors (Lipinski definition) is 4. The molecular weight excluding hydrogens is 308 g/mol. The van der Waals surface area contributed by atoms with Crippen molar-refractivity contribution in [1.82, 2.24) is 10.6 Å². The van der Waals surface area contributed by atoms with Gasteiger partial charge in [0, 0.05) is 19.5 Å². The van der Waals surface area contributed by atoms with Crippen LogP contribution >= 0.6 is 0 Å². The molecule has 2 aromatic rings. The molecule has 0 bridgehead atoms. The van der Waals surface area contributed by atoms with Crippen molar-refractivity contribution in [1.29, 1.82) is 0 Å². The molecule has 2 N–H and O–H groups in total. The molecule has 6 heteroatoms. The zero-order valence-electron chi connectivity index (χ0n) is 13.5. The molecule has 0 saturated carbocycles. The van der Waals surface area contributed by atoms with E-state index in [0.29, 0.717) is 32.5 Å². The quantitative estimate of drug-likeness (QED) is 0.655. The highest BCUT2D eigenvalue weighted by Gasteiger charge is 2.07. The fourth-order valence-corrected chi connectivity index (χ4v) is 2.04. The van der Waals surface area contributed by atoms with Gasteiger partial charge in [-0.1, -0.05) is 18.2 Å². The van der Waals surface area contributed by atoms with Crippen molar-refractivity contribution in [3.8, 4) is 5.75 Å². The molecule has 1 aromatic carbocycles. The Balaban J connectivity index is 1.46. The van der Waals surface area contributed by atoms with Crippen LogP contribution in [0.5, 0.6) is 5.75 Å². The van der Waals surface area contributed by atoms with Crippen LogP contribution in [0.15, 0.2) is 53.1 Å². The van der Waals surface area contributed by atoms with Crippen LogP contribution in [-0.2, 0) is 4.79 Å². The van der Waals surface area contributed by atoms with Crippen molar-refractivity contribution in [3.05, 3.63) is 54.5 Å². The monoisotopic (exact) mass is 330 g/mol. The van der Waals surface area contributed by atoms with Gasteiger partial charge in [-0.2, -0.15) is 0 Å². The maximum Gasteiger partial charge on any atom is 0.286 e. The Bertz CT molecular complexity index is 611. The maximum atomic E-state index is 11.7. The minimum atomic E-state index is -0.265. The van der Waals surface area contributed by atoms with Gasteiger partial charge < -0.3 is 19.8 Å². The zero-order valence-corrected chi connectivity index (χ0v) is 13.5. The molecule has 0 aliphatic rings. The summed E-state index contributed by atoms with van der Waals surface area (Å²) in [4.78, 5) is 23.3. The third kappa shape index (κ3) is 6.56. The van der Waals surface area contributed by atoms with Gasteiger partial charge in [0.15, 0.2) is 5.76 Å². The topological polar surface area (TPSA) is 80.6 Å². The molecule has 128 valence electrons. The number of para-hydroxylation sites is 1. The van der Waals surface area contributed by atoms with Crippen LogP contribution in [0.25, 0.3) is 0 Å². The Hall–Kier alpha value is -2.76. The van der Waals surface area contributed by atoms with Crippen LogP contribution in [0.4, 0.5) is 0 Å². The average Bonchev–Trinajstić information content (AvgIpc) is 3.14.